The summed E-state index contributed by atoms with van der Waals surface area (Å²) in [5, 5.41) is 3.79. The molecule has 1 aromatic carbocycles. The van der Waals surface area contributed by atoms with Gasteiger partial charge in [0, 0.05) is 25.2 Å². The van der Waals surface area contributed by atoms with Crippen LogP contribution in [0.4, 0.5) is 0 Å². The lowest BCUT2D eigenvalue weighted by molar-refractivity contribution is 0.298. The molecule has 0 spiro atoms. The van der Waals surface area contributed by atoms with Crippen LogP contribution in [0.15, 0.2) is 30.6 Å². The Hall–Kier alpha value is -1.39. The van der Waals surface area contributed by atoms with E-state index in [4.69, 9.17) is 0 Å². The van der Waals surface area contributed by atoms with Crippen molar-refractivity contribution in [2.24, 2.45) is 0 Å². The van der Waals surface area contributed by atoms with E-state index in [2.05, 4.69) is 44.0 Å². The number of nitrogens with zero attached hydrogens (tertiary/aromatic N) is 3. The minimum atomic E-state index is 0.729. The average molecular weight is 284 g/mol. The highest BCUT2D eigenvalue weighted by molar-refractivity contribution is 5.74. The van der Waals surface area contributed by atoms with E-state index in [1.54, 1.807) is 0 Å². The summed E-state index contributed by atoms with van der Waals surface area (Å²) in [7, 11) is 0. The number of hydrogen-bond acceptors (Lipinski definition) is 3. The average Bonchev–Trinajstić information content (AvgIpc) is 3.20. The zero-order valence-electron chi connectivity index (χ0n) is 12.5. The van der Waals surface area contributed by atoms with Crippen LogP contribution in [0.25, 0.3) is 11.0 Å². The molecule has 2 aliphatic rings. The Kier molecular flexibility index (Phi) is 3.65. The zero-order valence-corrected chi connectivity index (χ0v) is 12.5. The van der Waals surface area contributed by atoms with Gasteiger partial charge in [0.25, 0.3) is 0 Å². The molecule has 2 aliphatic heterocycles. The summed E-state index contributed by atoms with van der Waals surface area (Å²) in [6.07, 6.45) is 7.26. The molecule has 0 bridgehead atoms. The van der Waals surface area contributed by atoms with Gasteiger partial charge in [-0.1, -0.05) is 12.1 Å². The van der Waals surface area contributed by atoms with Crippen LogP contribution in [0.5, 0.6) is 0 Å². The van der Waals surface area contributed by atoms with E-state index in [1.807, 2.05) is 6.33 Å². The molecule has 1 N–H and O–H groups in total. The lowest BCUT2D eigenvalue weighted by Crippen LogP contribution is -2.39. The fraction of sp³-hybridized carbons (Fsp3) is 0.588. The van der Waals surface area contributed by atoms with Crippen molar-refractivity contribution < 1.29 is 0 Å². The van der Waals surface area contributed by atoms with Gasteiger partial charge in [0.15, 0.2) is 0 Å². The molecule has 4 nitrogen and oxygen atoms in total. The van der Waals surface area contributed by atoms with Gasteiger partial charge in [-0.3, -0.25) is 4.90 Å². The maximum Gasteiger partial charge on any atom is 0.0958 e. The van der Waals surface area contributed by atoms with Crippen molar-refractivity contribution in [1.29, 1.82) is 0 Å². The number of aromatic nitrogens is 2. The number of fused-ring (bicyclic) bond motifs is 2. The number of benzene rings is 1. The van der Waals surface area contributed by atoms with Gasteiger partial charge in [0.1, 0.15) is 0 Å². The van der Waals surface area contributed by atoms with Crippen LogP contribution in [0, 0.1) is 0 Å². The predicted molar refractivity (Wildman–Crippen MR) is 85.4 cm³/mol. The molecule has 112 valence electrons. The quantitative estimate of drug-likeness (QED) is 0.855. The first-order valence-corrected chi connectivity index (χ1v) is 8.29. The summed E-state index contributed by atoms with van der Waals surface area (Å²) in [5.41, 5.74) is 2.35. The number of imidazole rings is 1. The highest BCUT2D eigenvalue weighted by Gasteiger charge is 2.36. The van der Waals surface area contributed by atoms with Crippen LogP contribution in [0.2, 0.25) is 0 Å². The van der Waals surface area contributed by atoms with Crippen molar-refractivity contribution in [3.05, 3.63) is 30.6 Å². The molecular formula is C17H24N4. The molecule has 2 atom stereocenters. The maximum atomic E-state index is 4.45. The molecule has 0 saturated carbocycles. The maximum absolute atomic E-state index is 4.45. The first kappa shape index (κ1) is 13.3. The number of rotatable bonds is 5. The molecule has 21 heavy (non-hydrogen) atoms. The lowest BCUT2D eigenvalue weighted by atomic mass is 10.1. The molecule has 4 rings (SSSR count). The Morgan fingerprint density at radius 3 is 3.14 bits per heavy atom. The van der Waals surface area contributed by atoms with E-state index < -0.39 is 0 Å². The smallest absolute Gasteiger partial charge is 0.0958 e. The lowest BCUT2D eigenvalue weighted by Gasteiger charge is -2.21. The molecule has 2 fully saturated rings. The fourth-order valence-corrected chi connectivity index (χ4v) is 4.05. The minimum Gasteiger partial charge on any atom is -0.331 e. The Morgan fingerprint density at radius 1 is 1.19 bits per heavy atom. The van der Waals surface area contributed by atoms with Crippen LogP contribution in [0.3, 0.4) is 0 Å². The van der Waals surface area contributed by atoms with Gasteiger partial charge in [0.2, 0.25) is 0 Å². The van der Waals surface area contributed by atoms with E-state index in [1.165, 1.54) is 44.3 Å². The third-order valence-electron chi connectivity index (χ3n) is 5.12. The highest BCUT2D eigenvalue weighted by atomic mass is 15.2. The molecule has 0 amide bonds. The largest absolute Gasteiger partial charge is 0.331 e. The van der Waals surface area contributed by atoms with E-state index in [9.17, 15) is 0 Å². The zero-order chi connectivity index (χ0) is 14.1. The van der Waals surface area contributed by atoms with Crippen molar-refractivity contribution in [1.82, 2.24) is 19.8 Å². The van der Waals surface area contributed by atoms with Gasteiger partial charge in [-0.2, -0.15) is 0 Å². The topological polar surface area (TPSA) is 33.1 Å². The van der Waals surface area contributed by atoms with E-state index in [0.29, 0.717) is 0 Å². The predicted octanol–water partition coefficient (Wildman–Crippen LogP) is 2.25. The summed E-state index contributed by atoms with van der Waals surface area (Å²) in [6, 6.07) is 9.92. The van der Waals surface area contributed by atoms with E-state index in [0.717, 1.165) is 30.7 Å². The summed E-state index contributed by atoms with van der Waals surface area (Å²) in [6.45, 7) is 4.79. The van der Waals surface area contributed by atoms with Crippen LogP contribution < -0.4 is 5.32 Å². The summed E-state index contributed by atoms with van der Waals surface area (Å²) < 4.78 is 2.27. The molecule has 2 aromatic rings. The third kappa shape index (κ3) is 2.58. The summed E-state index contributed by atoms with van der Waals surface area (Å²) in [4.78, 5) is 7.12. The normalized spacial score (nSPS) is 25.7. The van der Waals surface area contributed by atoms with Crippen LogP contribution >= 0.6 is 0 Å². The van der Waals surface area contributed by atoms with Crippen molar-refractivity contribution in [3.8, 4) is 0 Å². The van der Waals surface area contributed by atoms with Crippen molar-refractivity contribution in [2.75, 3.05) is 19.6 Å². The first-order valence-electron chi connectivity index (χ1n) is 8.29. The van der Waals surface area contributed by atoms with Crippen molar-refractivity contribution in [2.45, 2.75) is 44.3 Å². The molecule has 4 heteroatoms. The second kappa shape index (κ2) is 5.78. The van der Waals surface area contributed by atoms with Crippen LogP contribution in [-0.4, -0.2) is 46.2 Å². The third-order valence-corrected chi connectivity index (χ3v) is 5.12. The van der Waals surface area contributed by atoms with E-state index >= 15 is 0 Å². The van der Waals surface area contributed by atoms with Crippen LogP contribution in [-0.2, 0) is 6.54 Å². The highest BCUT2D eigenvalue weighted by Crippen LogP contribution is 2.27. The second-order valence-corrected chi connectivity index (χ2v) is 6.38. The molecule has 1 aromatic heterocycles. The van der Waals surface area contributed by atoms with Gasteiger partial charge in [-0.05, 0) is 50.9 Å². The van der Waals surface area contributed by atoms with Crippen LogP contribution in [0.1, 0.15) is 25.7 Å². The standard InChI is InChI=1S/C17H24N4/c1-2-6-17-14(5-1)19-13-21(17)11-4-9-18-15-8-12-20-10-3-7-16(15)20/h1-2,5-6,13,15-16,18H,3-4,7-12H2. The molecule has 2 saturated heterocycles. The fourth-order valence-electron chi connectivity index (χ4n) is 4.05. The Balaban J connectivity index is 1.28. The number of hydrogen-bond donors (Lipinski definition) is 1. The Bertz CT molecular complexity index is 606. The second-order valence-electron chi connectivity index (χ2n) is 6.38. The summed E-state index contributed by atoms with van der Waals surface area (Å²) in [5.74, 6) is 0. The SMILES string of the molecule is c1ccc2c(c1)ncn2CCCNC1CCN2CCCC12. The Labute approximate surface area is 126 Å². The van der Waals surface area contributed by atoms with E-state index in [-0.39, 0.29) is 0 Å². The first-order chi connectivity index (χ1) is 10.4. The van der Waals surface area contributed by atoms with Gasteiger partial charge >= 0.3 is 0 Å². The summed E-state index contributed by atoms with van der Waals surface area (Å²) >= 11 is 0. The molecule has 2 unspecified atom stereocenters. The van der Waals surface area contributed by atoms with Gasteiger partial charge in [-0.25, -0.2) is 4.98 Å². The van der Waals surface area contributed by atoms with Gasteiger partial charge in [0.05, 0.1) is 17.4 Å². The molecule has 0 aliphatic carbocycles. The number of aryl methyl sites for hydroxylation is 1. The minimum absolute atomic E-state index is 0.729. The monoisotopic (exact) mass is 284 g/mol. The van der Waals surface area contributed by atoms with Gasteiger partial charge in [-0.15, -0.1) is 0 Å². The molecular weight excluding hydrogens is 260 g/mol. The molecule has 0 radical (unpaired) electrons. The Morgan fingerprint density at radius 2 is 2.14 bits per heavy atom. The van der Waals surface area contributed by atoms with Crippen molar-refractivity contribution >= 4 is 11.0 Å². The number of para-hydroxylation sites is 2. The number of nitrogens with one attached hydrogen (secondary N) is 1. The van der Waals surface area contributed by atoms with Gasteiger partial charge < -0.3 is 9.88 Å². The molecule has 3 heterocycles. The van der Waals surface area contributed by atoms with Crippen molar-refractivity contribution in [3.63, 3.8) is 0 Å².